The third kappa shape index (κ3) is 4.38. The molecular formula is C24H27N5OS2. The molecule has 1 saturated heterocycles. The highest BCUT2D eigenvalue weighted by Gasteiger charge is 2.34. The van der Waals surface area contributed by atoms with Gasteiger partial charge in [0.2, 0.25) is 5.91 Å². The number of nitrogens with zero attached hydrogens (tertiary/aromatic N) is 5. The second-order valence-electron chi connectivity index (χ2n) is 8.19. The highest BCUT2D eigenvalue weighted by atomic mass is 32.2. The van der Waals surface area contributed by atoms with Gasteiger partial charge in [0, 0.05) is 50.1 Å². The number of thioether (sulfide) groups is 2. The van der Waals surface area contributed by atoms with Gasteiger partial charge in [0.25, 0.3) is 0 Å². The van der Waals surface area contributed by atoms with Crippen LogP contribution in [-0.4, -0.2) is 63.5 Å². The van der Waals surface area contributed by atoms with Crippen LogP contribution in [0.3, 0.4) is 0 Å². The Labute approximate surface area is 197 Å². The van der Waals surface area contributed by atoms with E-state index in [0.29, 0.717) is 11.8 Å². The Kier molecular flexibility index (Phi) is 6.15. The molecule has 1 amide bonds. The molecule has 2 aliphatic rings. The Bertz CT molecular complexity index is 1140. The molecule has 8 heteroatoms. The highest BCUT2D eigenvalue weighted by Crippen LogP contribution is 2.33. The minimum Gasteiger partial charge on any atom is -0.366 e. The van der Waals surface area contributed by atoms with Crippen LogP contribution in [0.5, 0.6) is 0 Å². The van der Waals surface area contributed by atoms with Crippen LogP contribution in [0.2, 0.25) is 0 Å². The van der Waals surface area contributed by atoms with Crippen LogP contribution >= 0.6 is 23.5 Å². The number of anilines is 1. The molecule has 2 fully saturated rings. The molecule has 1 saturated carbocycles. The summed E-state index contributed by atoms with van der Waals surface area (Å²) in [5.74, 6) is 0.650. The number of hydrogen-bond donors (Lipinski definition) is 0. The summed E-state index contributed by atoms with van der Waals surface area (Å²) in [6.45, 7) is 3.32. The van der Waals surface area contributed by atoms with Crippen molar-refractivity contribution >= 4 is 50.7 Å². The molecule has 0 radical (unpaired) electrons. The van der Waals surface area contributed by atoms with Gasteiger partial charge in [-0.15, -0.1) is 23.5 Å². The van der Waals surface area contributed by atoms with E-state index in [-0.39, 0.29) is 0 Å². The minimum absolute atomic E-state index is 0.299. The number of aliphatic imine (C=N–C) groups is 1. The van der Waals surface area contributed by atoms with Gasteiger partial charge in [-0.1, -0.05) is 12.1 Å². The van der Waals surface area contributed by atoms with Crippen LogP contribution in [0, 0.1) is 5.92 Å². The molecule has 5 rings (SSSR count). The fraction of sp³-hybridized carbons (Fsp3) is 0.375. The molecule has 0 spiro atoms. The molecule has 166 valence electrons. The lowest BCUT2D eigenvalue weighted by atomic mass is 10.1. The van der Waals surface area contributed by atoms with E-state index in [1.807, 2.05) is 28.1 Å². The third-order valence-corrected chi connectivity index (χ3v) is 8.00. The molecule has 32 heavy (non-hydrogen) atoms. The van der Waals surface area contributed by atoms with Crippen molar-refractivity contribution in [2.24, 2.45) is 10.9 Å². The number of amides is 1. The second kappa shape index (κ2) is 9.19. The average Bonchev–Trinajstić information content (AvgIpc) is 3.60. The second-order valence-corrected chi connectivity index (χ2v) is 10.0. The Hall–Kier alpha value is -2.45. The fourth-order valence-corrected chi connectivity index (χ4v) is 5.25. The maximum atomic E-state index is 12.4. The number of hydrogen-bond acceptors (Lipinski definition) is 6. The first-order chi connectivity index (χ1) is 15.7. The van der Waals surface area contributed by atoms with Gasteiger partial charge in [-0.25, -0.2) is 9.51 Å². The van der Waals surface area contributed by atoms with Crippen molar-refractivity contribution in [3.63, 3.8) is 0 Å². The Balaban J connectivity index is 1.36. The molecular weight excluding hydrogens is 438 g/mol. The molecule has 6 nitrogen and oxygen atoms in total. The van der Waals surface area contributed by atoms with Crippen LogP contribution in [0.25, 0.3) is 16.6 Å². The molecule has 0 atom stereocenters. The van der Waals surface area contributed by atoms with E-state index in [1.54, 1.807) is 23.5 Å². The van der Waals surface area contributed by atoms with E-state index in [9.17, 15) is 4.79 Å². The summed E-state index contributed by atoms with van der Waals surface area (Å²) in [5, 5.41) is 4.53. The number of aromatic nitrogens is 2. The van der Waals surface area contributed by atoms with Gasteiger partial charge < -0.3 is 9.80 Å². The number of carbonyl (C=O) groups is 1. The summed E-state index contributed by atoms with van der Waals surface area (Å²) in [4.78, 5) is 21.5. The Morgan fingerprint density at radius 1 is 1.00 bits per heavy atom. The van der Waals surface area contributed by atoms with Gasteiger partial charge in [-0.3, -0.25) is 4.79 Å². The van der Waals surface area contributed by atoms with Gasteiger partial charge >= 0.3 is 0 Å². The topological polar surface area (TPSA) is 53.2 Å². The molecule has 2 aromatic heterocycles. The van der Waals surface area contributed by atoms with E-state index in [1.165, 1.54) is 5.69 Å². The molecule has 0 bridgehead atoms. The smallest absolute Gasteiger partial charge is 0.225 e. The molecule has 1 aromatic carbocycles. The summed E-state index contributed by atoms with van der Waals surface area (Å²) >= 11 is 3.33. The molecule has 1 aliphatic heterocycles. The number of benzene rings is 1. The van der Waals surface area contributed by atoms with Crippen LogP contribution < -0.4 is 4.90 Å². The van der Waals surface area contributed by atoms with Gasteiger partial charge in [-0.05, 0) is 55.2 Å². The standard InChI is InChI=1S/C24H27N5OS2/c1-31-24(32-2)26-20-7-5-17(6-8-20)19-15-22-21(9-10-25-29(22)16-19)27-11-13-28(14-12-27)23(30)18-3-4-18/h5-10,15-16,18H,3-4,11-14H2,1-2H3. The van der Waals surface area contributed by atoms with E-state index >= 15 is 0 Å². The van der Waals surface area contributed by atoms with Gasteiger partial charge in [0.15, 0.2) is 0 Å². The monoisotopic (exact) mass is 465 g/mol. The lowest BCUT2D eigenvalue weighted by Crippen LogP contribution is -2.49. The zero-order chi connectivity index (χ0) is 22.1. The first-order valence-corrected chi connectivity index (χ1v) is 13.4. The summed E-state index contributed by atoms with van der Waals surface area (Å²) in [6, 6.07) is 12.7. The lowest BCUT2D eigenvalue weighted by Gasteiger charge is -2.36. The largest absolute Gasteiger partial charge is 0.366 e. The molecule has 1 aliphatic carbocycles. The van der Waals surface area contributed by atoms with Crippen LogP contribution in [0.1, 0.15) is 12.8 Å². The quantitative estimate of drug-likeness (QED) is 0.410. The van der Waals surface area contributed by atoms with E-state index in [2.05, 4.69) is 57.6 Å². The van der Waals surface area contributed by atoms with Crippen molar-refractivity contribution in [2.75, 3.05) is 43.6 Å². The van der Waals surface area contributed by atoms with E-state index < -0.39 is 0 Å². The van der Waals surface area contributed by atoms with Crippen molar-refractivity contribution in [3.8, 4) is 11.1 Å². The predicted molar refractivity (Wildman–Crippen MR) is 136 cm³/mol. The number of rotatable bonds is 4. The zero-order valence-corrected chi connectivity index (χ0v) is 20.0. The fourth-order valence-electron chi connectivity index (χ4n) is 4.19. The third-order valence-electron chi connectivity index (χ3n) is 6.12. The van der Waals surface area contributed by atoms with Gasteiger partial charge in [-0.2, -0.15) is 5.10 Å². The maximum absolute atomic E-state index is 12.4. The van der Waals surface area contributed by atoms with Crippen molar-refractivity contribution in [2.45, 2.75) is 12.8 Å². The van der Waals surface area contributed by atoms with Crippen molar-refractivity contribution < 1.29 is 4.79 Å². The average molecular weight is 466 g/mol. The summed E-state index contributed by atoms with van der Waals surface area (Å²) in [5.41, 5.74) is 5.52. The first kappa shape index (κ1) is 21.4. The van der Waals surface area contributed by atoms with E-state index in [4.69, 9.17) is 0 Å². The van der Waals surface area contributed by atoms with Crippen LogP contribution in [0.15, 0.2) is 53.8 Å². The number of fused-ring (bicyclic) bond motifs is 1. The van der Waals surface area contributed by atoms with E-state index in [0.717, 1.165) is 65.7 Å². The van der Waals surface area contributed by atoms with Crippen LogP contribution in [-0.2, 0) is 4.79 Å². The first-order valence-electron chi connectivity index (χ1n) is 10.9. The van der Waals surface area contributed by atoms with Gasteiger partial charge in [0.05, 0.1) is 16.9 Å². The Morgan fingerprint density at radius 2 is 1.72 bits per heavy atom. The lowest BCUT2D eigenvalue weighted by molar-refractivity contribution is -0.132. The maximum Gasteiger partial charge on any atom is 0.225 e. The van der Waals surface area contributed by atoms with Gasteiger partial charge in [0.1, 0.15) is 4.38 Å². The van der Waals surface area contributed by atoms with Crippen molar-refractivity contribution in [3.05, 3.63) is 48.8 Å². The zero-order valence-electron chi connectivity index (χ0n) is 18.4. The number of carbonyl (C=O) groups excluding carboxylic acids is 1. The van der Waals surface area contributed by atoms with Crippen molar-refractivity contribution in [1.82, 2.24) is 14.5 Å². The minimum atomic E-state index is 0.299. The normalized spacial score (nSPS) is 16.4. The number of piperazine rings is 1. The summed E-state index contributed by atoms with van der Waals surface area (Å²) in [6.07, 6.45) is 10.2. The highest BCUT2D eigenvalue weighted by molar-refractivity contribution is 8.38. The molecule has 3 heterocycles. The summed E-state index contributed by atoms with van der Waals surface area (Å²) in [7, 11) is 0. The SMILES string of the molecule is CSC(=Nc1ccc(-c2cc3c(N4CCN(C(=O)C5CC5)CC4)ccnn3c2)cc1)SC. The predicted octanol–water partition coefficient (Wildman–Crippen LogP) is 4.77. The molecule has 0 N–H and O–H groups in total. The van der Waals surface area contributed by atoms with Crippen LogP contribution in [0.4, 0.5) is 11.4 Å². The Morgan fingerprint density at radius 3 is 2.38 bits per heavy atom. The molecule has 0 unspecified atom stereocenters. The summed E-state index contributed by atoms with van der Waals surface area (Å²) < 4.78 is 3.01. The molecule has 3 aromatic rings. The van der Waals surface area contributed by atoms with Crippen molar-refractivity contribution in [1.29, 1.82) is 0 Å².